The second-order valence-electron chi connectivity index (χ2n) is 9.59. The second kappa shape index (κ2) is 9.50. The number of nitrogens with zero attached hydrogens (tertiary/aromatic N) is 2. The smallest absolute Gasteiger partial charge is 0.336 e. The summed E-state index contributed by atoms with van der Waals surface area (Å²) in [7, 11) is 2.91. The number of hydrogen-bond donors (Lipinski definition) is 1. The van der Waals surface area contributed by atoms with Crippen molar-refractivity contribution >= 4 is 46.9 Å². The molecule has 4 amide bonds. The minimum Gasteiger partial charge on any atom is -0.497 e. The summed E-state index contributed by atoms with van der Waals surface area (Å²) in [6.07, 6.45) is 2.39. The van der Waals surface area contributed by atoms with Gasteiger partial charge in [0.2, 0.25) is 0 Å². The number of methoxy groups -OCH3 is 2. The number of carbonyl (C=O) groups excluding carboxylic acids is 3. The number of hydrogen-bond acceptors (Lipinski definition) is 6. The molecule has 9 heteroatoms. The first-order valence-electron chi connectivity index (χ1n) is 11.8. The van der Waals surface area contributed by atoms with Crippen LogP contribution in [0.2, 0.25) is 5.02 Å². The summed E-state index contributed by atoms with van der Waals surface area (Å²) >= 11 is 6.67. The maximum absolute atomic E-state index is 13.5. The lowest BCUT2D eigenvalue weighted by molar-refractivity contribution is -0.122. The van der Waals surface area contributed by atoms with Crippen molar-refractivity contribution in [2.24, 2.45) is 0 Å². The van der Waals surface area contributed by atoms with Crippen molar-refractivity contribution in [2.45, 2.75) is 45.6 Å². The molecule has 2 aromatic carbocycles. The Hall–Kier alpha value is -3.52. The van der Waals surface area contributed by atoms with Crippen LogP contribution in [0.25, 0.3) is 6.08 Å². The van der Waals surface area contributed by atoms with Crippen molar-refractivity contribution in [3.05, 3.63) is 52.1 Å². The topological polar surface area (TPSA) is 88.2 Å². The van der Waals surface area contributed by atoms with E-state index < -0.39 is 17.8 Å². The zero-order valence-electron chi connectivity index (χ0n) is 21.3. The summed E-state index contributed by atoms with van der Waals surface area (Å²) in [5.74, 6) is -0.567. The molecule has 0 aliphatic carbocycles. The molecule has 0 bridgehead atoms. The first kappa shape index (κ1) is 25.6. The molecule has 1 N–H and O–H groups in total. The molecule has 0 radical (unpaired) electrons. The number of carbonyl (C=O) groups is 3. The number of nitrogens with one attached hydrogen (secondary N) is 1. The third kappa shape index (κ3) is 4.30. The summed E-state index contributed by atoms with van der Waals surface area (Å²) in [6.45, 7) is 9.52. The van der Waals surface area contributed by atoms with Crippen LogP contribution in [0.5, 0.6) is 11.5 Å². The van der Waals surface area contributed by atoms with Gasteiger partial charge in [0.25, 0.3) is 11.8 Å². The molecule has 0 aromatic heterocycles. The van der Waals surface area contributed by atoms with E-state index in [-0.39, 0.29) is 28.5 Å². The van der Waals surface area contributed by atoms with Crippen molar-refractivity contribution in [3.8, 4) is 11.5 Å². The molecule has 8 nitrogen and oxygen atoms in total. The summed E-state index contributed by atoms with van der Waals surface area (Å²) in [5, 5.41) is 2.66. The molecule has 2 heterocycles. The van der Waals surface area contributed by atoms with Crippen LogP contribution >= 0.6 is 11.6 Å². The van der Waals surface area contributed by atoms with Gasteiger partial charge in [0, 0.05) is 28.9 Å². The van der Waals surface area contributed by atoms with E-state index in [2.05, 4.69) is 37.9 Å². The number of rotatable bonds is 5. The summed E-state index contributed by atoms with van der Waals surface area (Å²) in [4.78, 5) is 42.1. The Labute approximate surface area is 215 Å². The monoisotopic (exact) mass is 511 g/mol. The van der Waals surface area contributed by atoms with Crippen molar-refractivity contribution in [1.29, 1.82) is 0 Å². The minimum absolute atomic E-state index is 0.0258. The van der Waals surface area contributed by atoms with Gasteiger partial charge in [-0.2, -0.15) is 0 Å². The lowest BCUT2D eigenvalue weighted by atomic mass is 9.79. The maximum atomic E-state index is 13.5. The number of urea groups is 1. The van der Waals surface area contributed by atoms with Crippen molar-refractivity contribution in [1.82, 2.24) is 5.32 Å². The molecule has 1 saturated heterocycles. The number of halogens is 1. The molecule has 1 atom stereocenters. The number of fused-ring (bicyclic) bond motifs is 1. The Balaban J connectivity index is 1.79. The van der Waals surface area contributed by atoms with Crippen LogP contribution in [0.15, 0.2) is 35.9 Å². The maximum Gasteiger partial charge on any atom is 0.336 e. The van der Waals surface area contributed by atoms with Gasteiger partial charge in [-0.15, -0.1) is 0 Å². The zero-order chi connectivity index (χ0) is 26.4. The van der Waals surface area contributed by atoms with E-state index in [0.717, 1.165) is 29.1 Å². The molecule has 1 fully saturated rings. The van der Waals surface area contributed by atoms with Gasteiger partial charge in [0.15, 0.2) is 0 Å². The first-order valence-corrected chi connectivity index (χ1v) is 12.1. The van der Waals surface area contributed by atoms with E-state index in [0.29, 0.717) is 16.3 Å². The predicted molar refractivity (Wildman–Crippen MR) is 140 cm³/mol. The van der Waals surface area contributed by atoms with Crippen molar-refractivity contribution in [3.63, 3.8) is 0 Å². The number of barbiturate groups is 1. The van der Waals surface area contributed by atoms with Gasteiger partial charge in [-0.25, -0.2) is 9.69 Å². The highest BCUT2D eigenvalue weighted by molar-refractivity contribution is 6.40. The molecular weight excluding hydrogens is 482 g/mol. The average Bonchev–Trinajstić information content (AvgIpc) is 2.82. The second-order valence-corrected chi connectivity index (χ2v) is 10.00. The van der Waals surface area contributed by atoms with Crippen LogP contribution in [0.4, 0.5) is 16.2 Å². The van der Waals surface area contributed by atoms with Gasteiger partial charge in [-0.05, 0) is 74.6 Å². The normalized spacial score (nSPS) is 20.4. The quantitative estimate of drug-likeness (QED) is 0.442. The van der Waals surface area contributed by atoms with Crippen LogP contribution < -0.4 is 24.6 Å². The average molecular weight is 512 g/mol. The zero-order valence-corrected chi connectivity index (χ0v) is 22.0. The van der Waals surface area contributed by atoms with Gasteiger partial charge in [0.1, 0.15) is 17.1 Å². The third-order valence-electron chi connectivity index (χ3n) is 6.85. The number of imide groups is 2. The third-order valence-corrected chi connectivity index (χ3v) is 7.18. The van der Waals surface area contributed by atoms with E-state index in [4.69, 9.17) is 21.1 Å². The van der Waals surface area contributed by atoms with Crippen LogP contribution in [0.3, 0.4) is 0 Å². The van der Waals surface area contributed by atoms with Gasteiger partial charge >= 0.3 is 6.03 Å². The number of benzene rings is 2. The largest absolute Gasteiger partial charge is 0.497 e. The fraction of sp³-hybridized carbons (Fsp3) is 0.370. The Morgan fingerprint density at radius 2 is 1.83 bits per heavy atom. The van der Waals surface area contributed by atoms with Crippen LogP contribution in [-0.4, -0.2) is 44.1 Å². The Kier molecular flexibility index (Phi) is 6.75. The number of amides is 4. The minimum atomic E-state index is -0.864. The lowest BCUT2D eigenvalue weighted by Gasteiger charge is -2.47. The summed E-state index contributed by atoms with van der Waals surface area (Å²) in [5.41, 5.74) is 2.64. The van der Waals surface area contributed by atoms with E-state index in [1.165, 1.54) is 26.4 Å². The standard InChI is InChI=1S/C27H30ClN3O5/c1-7-30-22-13-20(28)16(10-18(22)15(2)14-27(30,3)4)11-19-24(32)29-26(34)31(25(19)33)21-9-8-17(35-5)12-23(21)36-6/h8-13,15H,7,14H2,1-6H3,(H,29,32,34)/b19-11-. The van der Waals surface area contributed by atoms with E-state index >= 15 is 0 Å². The highest BCUT2D eigenvalue weighted by Crippen LogP contribution is 2.45. The molecule has 2 aromatic rings. The molecule has 0 spiro atoms. The lowest BCUT2D eigenvalue weighted by Crippen LogP contribution is -2.54. The van der Waals surface area contributed by atoms with Gasteiger partial charge in [0.05, 0.1) is 19.9 Å². The Morgan fingerprint density at radius 1 is 1.11 bits per heavy atom. The summed E-state index contributed by atoms with van der Waals surface area (Å²) in [6, 6.07) is 7.64. The number of anilines is 2. The molecule has 36 heavy (non-hydrogen) atoms. The fourth-order valence-corrected chi connectivity index (χ4v) is 5.44. The van der Waals surface area contributed by atoms with Crippen LogP contribution in [-0.2, 0) is 9.59 Å². The van der Waals surface area contributed by atoms with Crippen molar-refractivity contribution < 1.29 is 23.9 Å². The predicted octanol–water partition coefficient (Wildman–Crippen LogP) is 5.14. The fourth-order valence-electron chi connectivity index (χ4n) is 5.23. The first-order chi connectivity index (χ1) is 17.0. The SMILES string of the molecule is CCN1c2cc(Cl)c(/C=C3/C(=O)NC(=O)N(c4ccc(OC)cc4OC)C3=O)cc2C(C)CC1(C)C. The summed E-state index contributed by atoms with van der Waals surface area (Å²) < 4.78 is 10.6. The number of ether oxygens (including phenoxy) is 2. The van der Waals surface area contributed by atoms with Gasteiger partial charge in [-0.1, -0.05) is 18.5 Å². The molecule has 4 rings (SSSR count). The molecule has 0 saturated carbocycles. The van der Waals surface area contributed by atoms with Crippen molar-refractivity contribution in [2.75, 3.05) is 30.6 Å². The molecule has 190 valence electrons. The highest BCUT2D eigenvalue weighted by Gasteiger charge is 2.39. The van der Waals surface area contributed by atoms with E-state index in [1.807, 2.05) is 12.1 Å². The van der Waals surface area contributed by atoms with Crippen LogP contribution in [0, 0.1) is 0 Å². The Bertz CT molecular complexity index is 1290. The molecular formula is C27H30ClN3O5. The van der Waals surface area contributed by atoms with E-state index in [9.17, 15) is 14.4 Å². The molecule has 1 unspecified atom stereocenters. The molecule has 2 aliphatic rings. The van der Waals surface area contributed by atoms with Gasteiger partial charge < -0.3 is 14.4 Å². The van der Waals surface area contributed by atoms with Gasteiger partial charge in [-0.3, -0.25) is 14.9 Å². The highest BCUT2D eigenvalue weighted by atomic mass is 35.5. The van der Waals surface area contributed by atoms with E-state index in [1.54, 1.807) is 12.1 Å². The van der Waals surface area contributed by atoms with Crippen LogP contribution in [0.1, 0.15) is 51.2 Å². The molecule has 2 aliphatic heterocycles. The Morgan fingerprint density at radius 3 is 2.47 bits per heavy atom.